The smallest absolute Gasteiger partial charge is 0.355 e. The minimum Gasteiger partial charge on any atom is -0.355 e. The Morgan fingerprint density at radius 1 is 1.17 bits per heavy atom. The highest BCUT2D eigenvalue weighted by Crippen LogP contribution is 2.29. The number of hydrogen-bond donors (Lipinski definition) is 1. The summed E-state index contributed by atoms with van der Waals surface area (Å²) in [5.74, 6) is -1.28. The van der Waals surface area contributed by atoms with E-state index in [0.717, 1.165) is 12.8 Å². The SMILES string of the molecule is CN(CC(=O)NC1CC1)C(=O)C1CCN(c2ccc3nnc(C(F)(F)F)n3n2)CC1. The molecule has 0 spiro atoms. The molecule has 162 valence electrons. The number of hydrogen-bond acceptors (Lipinski definition) is 6. The Morgan fingerprint density at radius 3 is 2.50 bits per heavy atom. The van der Waals surface area contributed by atoms with Crippen LogP contribution in [0.2, 0.25) is 0 Å². The van der Waals surface area contributed by atoms with E-state index in [0.29, 0.717) is 36.3 Å². The van der Waals surface area contributed by atoms with Gasteiger partial charge in [0.2, 0.25) is 11.8 Å². The standard InChI is InChI=1S/C18H22F3N7O2/c1-26(10-15(29)22-12-2-3-12)16(30)11-6-8-27(9-7-11)14-5-4-13-23-24-17(18(19,20)21)28(13)25-14/h4-5,11-12H,2-3,6-10H2,1H3,(H,22,29). The van der Waals surface area contributed by atoms with E-state index < -0.39 is 12.0 Å². The minimum atomic E-state index is -4.65. The zero-order valence-corrected chi connectivity index (χ0v) is 16.4. The molecule has 0 bridgehead atoms. The fourth-order valence-electron chi connectivity index (χ4n) is 3.59. The number of alkyl halides is 3. The first kappa shape index (κ1) is 20.4. The molecular weight excluding hydrogens is 403 g/mol. The van der Waals surface area contributed by atoms with E-state index >= 15 is 0 Å². The highest BCUT2D eigenvalue weighted by atomic mass is 19.4. The maximum atomic E-state index is 13.1. The summed E-state index contributed by atoms with van der Waals surface area (Å²) in [6, 6.07) is 3.28. The molecule has 0 aromatic carbocycles. The molecule has 12 heteroatoms. The van der Waals surface area contributed by atoms with Gasteiger partial charge in [-0.1, -0.05) is 0 Å². The van der Waals surface area contributed by atoms with Crippen molar-refractivity contribution in [2.24, 2.45) is 5.92 Å². The molecule has 1 aliphatic carbocycles. The number of amides is 2. The second-order valence-corrected chi connectivity index (χ2v) is 7.78. The highest BCUT2D eigenvalue weighted by Gasteiger charge is 2.38. The number of halogens is 3. The summed E-state index contributed by atoms with van der Waals surface area (Å²) < 4.78 is 39.9. The molecular formula is C18H22F3N7O2. The molecule has 2 amide bonds. The van der Waals surface area contributed by atoms with Crippen LogP contribution < -0.4 is 10.2 Å². The predicted molar refractivity (Wildman–Crippen MR) is 99.5 cm³/mol. The number of fused-ring (bicyclic) bond motifs is 1. The van der Waals surface area contributed by atoms with Crippen LogP contribution in [0.5, 0.6) is 0 Å². The largest absolute Gasteiger partial charge is 0.453 e. The Morgan fingerprint density at radius 2 is 1.87 bits per heavy atom. The van der Waals surface area contributed by atoms with Gasteiger partial charge in [-0.25, -0.2) is 0 Å². The predicted octanol–water partition coefficient (Wildman–Crippen LogP) is 1.10. The second-order valence-electron chi connectivity index (χ2n) is 7.78. The fourth-order valence-corrected chi connectivity index (χ4v) is 3.59. The molecule has 1 aliphatic heterocycles. The van der Waals surface area contributed by atoms with Crippen LogP contribution in [-0.2, 0) is 15.8 Å². The zero-order valence-electron chi connectivity index (χ0n) is 16.4. The molecule has 1 saturated heterocycles. The molecule has 2 fully saturated rings. The summed E-state index contributed by atoms with van der Waals surface area (Å²) in [5.41, 5.74) is 0.0160. The third-order valence-electron chi connectivity index (χ3n) is 5.37. The van der Waals surface area contributed by atoms with Crippen molar-refractivity contribution in [1.82, 2.24) is 30.0 Å². The van der Waals surface area contributed by atoms with Crippen molar-refractivity contribution < 1.29 is 22.8 Å². The number of carbonyl (C=O) groups is 2. The lowest BCUT2D eigenvalue weighted by atomic mass is 9.95. The third-order valence-corrected chi connectivity index (χ3v) is 5.37. The highest BCUT2D eigenvalue weighted by molar-refractivity contribution is 5.86. The molecule has 3 heterocycles. The summed E-state index contributed by atoms with van der Waals surface area (Å²) in [6.07, 6.45) is -1.62. The molecule has 30 heavy (non-hydrogen) atoms. The Hall–Kier alpha value is -2.92. The van der Waals surface area contributed by atoms with E-state index in [4.69, 9.17) is 0 Å². The first-order valence-corrected chi connectivity index (χ1v) is 9.81. The van der Waals surface area contributed by atoms with Crippen LogP contribution in [0.3, 0.4) is 0 Å². The van der Waals surface area contributed by atoms with Crippen molar-refractivity contribution >= 4 is 23.3 Å². The number of nitrogens with one attached hydrogen (secondary N) is 1. The van der Waals surface area contributed by atoms with Crippen molar-refractivity contribution in [2.75, 3.05) is 31.6 Å². The maximum absolute atomic E-state index is 13.1. The van der Waals surface area contributed by atoms with Crippen LogP contribution in [0.15, 0.2) is 12.1 Å². The number of rotatable bonds is 5. The van der Waals surface area contributed by atoms with Crippen molar-refractivity contribution in [3.8, 4) is 0 Å². The van der Waals surface area contributed by atoms with Crippen LogP contribution in [0.25, 0.3) is 5.65 Å². The lowest BCUT2D eigenvalue weighted by Gasteiger charge is -2.33. The monoisotopic (exact) mass is 425 g/mol. The average Bonchev–Trinajstić information content (AvgIpc) is 3.40. The number of anilines is 1. The number of piperidine rings is 1. The van der Waals surface area contributed by atoms with Gasteiger partial charge < -0.3 is 15.1 Å². The van der Waals surface area contributed by atoms with E-state index in [1.54, 1.807) is 13.1 Å². The summed E-state index contributed by atoms with van der Waals surface area (Å²) in [5, 5.41) is 13.6. The number of carbonyl (C=O) groups excluding carboxylic acids is 2. The molecule has 2 aromatic rings. The molecule has 0 radical (unpaired) electrons. The number of likely N-dealkylation sites (N-methyl/N-ethyl adjacent to an activating group) is 1. The summed E-state index contributed by atoms with van der Waals surface area (Å²) in [6.45, 7) is 0.975. The second kappa shape index (κ2) is 7.73. The van der Waals surface area contributed by atoms with E-state index in [1.165, 1.54) is 11.0 Å². The van der Waals surface area contributed by atoms with Crippen LogP contribution in [0.4, 0.5) is 19.0 Å². The van der Waals surface area contributed by atoms with Crippen molar-refractivity contribution in [3.05, 3.63) is 18.0 Å². The first-order valence-electron chi connectivity index (χ1n) is 9.81. The van der Waals surface area contributed by atoms with E-state index in [9.17, 15) is 22.8 Å². The van der Waals surface area contributed by atoms with Gasteiger partial charge in [0.1, 0.15) is 5.82 Å². The number of aromatic nitrogens is 4. The first-order chi connectivity index (χ1) is 14.2. The number of nitrogens with zero attached hydrogens (tertiary/aromatic N) is 6. The van der Waals surface area contributed by atoms with Gasteiger partial charge in [-0.15, -0.1) is 15.3 Å². The lowest BCUT2D eigenvalue weighted by Crippen LogP contribution is -2.45. The van der Waals surface area contributed by atoms with Crippen molar-refractivity contribution in [1.29, 1.82) is 0 Å². The topological polar surface area (TPSA) is 95.7 Å². The summed E-state index contributed by atoms with van der Waals surface area (Å²) in [7, 11) is 1.61. The molecule has 4 rings (SSSR count). The molecule has 2 aliphatic rings. The Labute approximate surface area is 170 Å². The van der Waals surface area contributed by atoms with Gasteiger partial charge >= 0.3 is 6.18 Å². The van der Waals surface area contributed by atoms with E-state index in [-0.39, 0.29) is 36.0 Å². The van der Waals surface area contributed by atoms with Gasteiger partial charge in [-0.05, 0) is 37.8 Å². The van der Waals surface area contributed by atoms with Gasteiger partial charge in [0.05, 0.1) is 6.54 Å². The van der Waals surface area contributed by atoms with Crippen LogP contribution >= 0.6 is 0 Å². The molecule has 1 saturated carbocycles. The van der Waals surface area contributed by atoms with Crippen molar-refractivity contribution in [3.63, 3.8) is 0 Å². The van der Waals surface area contributed by atoms with E-state index in [2.05, 4.69) is 20.6 Å². The van der Waals surface area contributed by atoms with Gasteiger partial charge in [-0.3, -0.25) is 9.59 Å². The summed E-state index contributed by atoms with van der Waals surface area (Å²) in [4.78, 5) is 27.8. The van der Waals surface area contributed by atoms with Crippen LogP contribution in [0, 0.1) is 5.92 Å². The molecule has 0 atom stereocenters. The minimum absolute atomic E-state index is 0.0160. The van der Waals surface area contributed by atoms with Crippen molar-refractivity contribution in [2.45, 2.75) is 37.9 Å². The van der Waals surface area contributed by atoms with Gasteiger partial charge in [0, 0.05) is 32.1 Å². The third kappa shape index (κ3) is 4.31. The van der Waals surface area contributed by atoms with Crippen LogP contribution in [-0.4, -0.2) is 69.2 Å². The molecule has 2 aromatic heterocycles. The normalized spacial score (nSPS) is 17.9. The Kier molecular flexibility index (Phi) is 5.24. The quantitative estimate of drug-likeness (QED) is 0.771. The van der Waals surface area contributed by atoms with E-state index in [1.807, 2.05) is 4.90 Å². The van der Waals surface area contributed by atoms with Crippen LogP contribution in [0.1, 0.15) is 31.5 Å². The molecule has 9 nitrogen and oxygen atoms in total. The maximum Gasteiger partial charge on any atom is 0.453 e. The fraction of sp³-hybridized carbons (Fsp3) is 0.611. The van der Waals surface area contributed by atoms with Gasteiger partial charge in [0.15, 0.2) is 5.65 Å². The molecule has 0 unspecified atom stereocenters. The van der Waals surface area contributed by atoms with Gasteiger partial charge in [0.25, 0.3) is 5.82 Å². The summed E-state index contributed by atoms with van der Waals surface area (Å²) >= 11 is 0. The van der Waals surface area contributed by atoms with Gasteiger partial charge in [-0.2, -0.15) is 17.7 Å². The lowest BCUT2D eigenvalue weighted by molar-refractivity contribution is -0.146. The zero-order chi connectivity index (χ0) is 21.5. The average molecular weight is 425 g/mol. The Balaban J connectivity index is 1.37. The molecule has 1 N–H and O–H groups in total. The Bertz CT molecular complexity index is 949.